The van der Waals surface area contributed by atoms with Crippen LogP contribution in [-0.4, -0.2) is 25.4 Å². The SMILES string of the molecule is COCc1ccccc1CNCC(C)CCO. The van der Waals surface area contributed by atoms with Crippen LogP contribution < -0.4 is 5.32 Å². The first-order valence-electron chi connectivity index (χ1n) is 6.15. The zero-order valence-electron chi connectivity index (χ0n) is 10.8. The van der Waals surface area contributed by atoms with Crippen LogP contribution in [0.3, 0.4) is 0 Å². The first-order valence-corrected chi connectivity index (χ1v) is 6.15. The van der Waals surface area contributed by atoms with Gasteiger partial charge in [0.1, 0.15) is 0 Å². The molecule has 2 N–H and O–H groups in total. The number of hydrogen-bond acceptors (Lipinski definition) is 3. The van der Waals surface area contributed by atoms with Gasteiger partial charge in [-0.15, -0.1) is 0 Å². The molecule has 1 aromatic carbocycles. The zero-order chi connectivity index (χ0) is 12.5. The van der Waals surface area contributed by atoms with Gasteiger partial charge in [0.2, 0.25) is 0 Å². The van der Waals surface area contributed by atoms with E-state index < -0.39 is 0 Å². The highest BCUT2D eigenvalue weighted by Crippen LogP contribution is 2.10. The van der Waals surface area contributed by atoms with E-state index in [2.05, 4.69) is 24.4 Å². The van der Waals surface area contributed by atoms with Crippen LogP contribution in [0.15, 0.2) is 24.3 Å². The van der Waals surface area contributed by atoms with Crippen molar-refractivity contribution in [2.75, 3.05) is 20.3 Å². The van der Waals surface area contributed by atoms with Gasteiger partial charge < -0.3 is 15.2 Å². The summed E-state index contributed by atoms with van der Waals surface area (Å²) >= 11 is 0. The maximum absolute atomic E-state index is 8.82. The average molecular weight is 237 g/mol. The molecule has 0 aliphatic carbocycles. The second kappa shape index (κ2) is 8.23. The minimum absolute atomic E-state index is 0.267. The van der Waals surface area contributed by atoms with Crippen molar-refractivity contribution in [2.45, 2.75) is 26.5 Å². The molecule has 3 nitrogen and oxygen atoms in total. The molecule has 0 aliphatic heterocycles. The molecule has 0 amide bonds. The molecule has 1 atom stereocenters. The van der Waals surface area contributed by atoms with Crippen LogP contribution in [0.2, 0.25) is 0 Å². The number of benzene rings is 1. The summed E-state index contributed by atoms with van der Waals surface area (Å²) in [7, 11) is 1.72. The van der Waals surface area contributed by atoms with E-state index in [0.29, 0.717) is 12.5 Å². The number of ether oxygens (including phenoxy) is 1. The Morgan fingerprint density at radius 1 is 1.29 bits per heavy atom. The molecule has 1 rings (SSSR count). The van der Waals surface area contributed by atoms with Crippen LogP contribution in [0.25, 0.3) is 0 Å². The van der Waals surface area contributed by atoms with Crippen LogP contribution in [0.5, 0.6) is 0 Å². The van der Waals surface area contributed by atoms with Crippen LogP contribution in [0.4, 0.5) is 0 Å². The molecule has 0 aliphatic rings. The molecule has 0 saturated carbocycles. The predicted octanol–water partition coefficient (Wildman–Crippen LogP) is 1.94. The Morgan fingerprint density at radius 3 is 2.65 bits per heavy atom. The van der Waals surface area contributed by atoms with Gasteiger partial charge >= 0.3 is 0 Å². The summed E-state index contributed by atoms with van der Waals surface area (Å²) in [4.78, 5) is 0. The number of rotatable bonds is 8. The summed E-state index contributed by atoms with van der Waals surface area (Å²) in [6.45, 7) is 4.86. The third-order valence-corrected chi connectivity index (χ3v) is 2.85. The summed E-state index contributed by atoms with van der Waals surface area (Å²) in [5.41, 5.74) is 2.52. The van der Waals surface area contributed by atoms with Crippen LogP contribution in [-0.2, 0) is 17.9 Å². The molecule has 1 unspecified atom stereocenters. The highest BCUT2D eigenvalue weighted by atomic mass is 16.5. The first kappa shape index (κ1) is 14.2. The van der Waals surface area contributed by atoms with Gasteiger partial charge in [-0.3, -0.25) is 0 Å². The second-order valence-electron chi connectivity index (χ2n) is 4.45. The lowest BCUT2D eigenvalue weighted by atomic mass is 10.1. The van der Waals surface area contributed by atoms with E-state index in [-0.39, 0.29) is 6.61 Å². The fourth-order valence-corrected chi connectivity index (χ4v) is 1.80. The van der Waals surface area contributed by atoms with Crippen molar-refractivity contribution < 1.29 is 9.84 Å². The van der Waals surface area contributed by atoms with Crippen molar-refractivity contribution >= 4 is 0 Å². The lowest BCUT2D eigenvalue weighted by Gasteiger charge is -2.13. The van der Waals surface area contributed by atoms with E-state index in [4.69, 9.17) is 9.84 Å². The van der Waals surface area contributed by atoms with Crippen molar-refractivity contribution in [3.8, 4) is 0 Å². The Bertz CT molecular complexity index is 315. The van der Waals surface area contributed by atoms with E-state index in [1.165, 1.54) is 11.1 Å². The van der Waals surface area contributed by atoms with Gasteiger partial charge in [-0.25, -0.2) is 0 Å². The fraction of sp³-hybridized carbons (Fsp3) is 0.571. The molecule has 0 saturated heterocycles. The van der Waals surface area contributed by atoms with Gasteiger partial charge in [-0.2, -0.15) is 0 Å². The van der Waals surface area contributed by atoms with Crippen LogP contribution in [0, 0.1) is 5.92 Å². The van der Waals surface area contributed by atoms with Crippen molar-refractivity contribution in [1.29, 1.82) is 0 Å². The van der Waals surface area contributed by atoms with Crippen LogP contribution >= 0.6 is 0 Å². The fourth-order valence-electron chi connectivity index (χ4n) is 1.80. The third-order valence-electron chi connectivity index (χ3n) is 2.85. The summed E-state index contributed by atoms with van der Waals surface area (Å²) in [6.07, 6.45) is 0.854. The number of aliphatic hydroxyl groups excluding tert-OH is 1. The monoisotopic (exact) mass is 237 g/mol. The quantitative estimate of drug-likeness (QED) is 0.726. The van der Waals surface area contributed by atoms with E-state index >= 15 is 0 Å². The van der Waals surface area contributed by atoms with Gasteiger partial charge in [0.25, 0.3) is 0 Å². The number of methoxy groups -OCH3 is 1. The molecular formula is C14H23NO2. The standard InChI is InChI=1S/C14H23NO2/c1-12(7-8-16)9-15-10-13-5-3-4-6-14(13)11-17-2/h3-6,12,15-16H,7-11H2,1-2H3. The second-order valence-corrected chi connectivity index (χ2v) is 4.45. The highest BCUT2D eigenvalue weighted by molar-refractivity contribution is 5.26. The van der Waals surface area contributed by atoms with Crippen molar-refractivity contribution in [3.63, 3.8) is 0 Å². The Balaban J connectivity index is 2.40. The van der Waals surface area contributed by atoms with Crippen molar-refractivity contribution in [1.82, 2.24) is 5.32 Å². The maximum Gasteiger partial charge on any atom is 0.0716 e. The average Bonchev–Trinajstić information content (AvgIpc) is 2.32. The Hall–Kier alpha value is -0.900. The van der Waals surface area contributed by atoms with Gasteiger partial charge in [-0.05, 0) is 30.0 Å². The minimum atomic E-state index is 0.267. The maximum atomic E-state index is 8.82. The molecule has 0 fully saturated rings. The summed E-state index contributed by atoms with van der Waals surface area (Å²) in [6, 6.07) is 8.30. The van der Waals surface area contributed by atoms with Gasteiger partial charge in [-0.1, -0.05) is 31.2 Å². The molecule has 0 heterocycles. The highest BCUT2D eigenvalue weighted by Gasteiger charge is 2.03. The lowest BCUT2D eigenvalue weighted by molar-refractivity contribution is 0.184. The summed E-state index contributed by atoms with van der Waals surface area (Å²) < 4.78 is 5.17. The lowest BCUT2D eigenvalue weighted by Crippen LogP contribution is -2.22. The smallest absolute Gasteiger partial charge is 0.0716 e. The normalized spacial score (nSPS) is 12.6. The predicted molar refractivity (Wildman–Crippen MR) is 69.7 cm³/mol. The van der Waals surface area contributed by atoms with E-state index in [0.717, 1.165) is 19.5 Å². The van der Waals surface area contributed by atoms with Gasteiger partial charge in [0.15, 0.2) is 0 Å². The minimum Gasteiger partial charge on any atom is -0.396 e. The molecular weight excluding hydrogens is 214 g/mol. The van der Waals surface area contributed by atoms with E-state index in [9.17, 15) is 0 Å². The van der Waals surface area contributed by atoms with Crippen molar-refractivity contribution in [2.24, 2.45) is 5.92 Å². The number of aliphatic hydroxyl groups is 1. The van der Waals surface area contributed by atoms with E-state index in [1.54, 1.807) is 7.11 Å². The molecule has 0 aromatic heterocycles. The molecule has 96 valence electrons. The zero-order valence-corrected chi connectivity index (χ0v) is 10.8. The summed E-state index contributed by atoms with van der Waals surface area (Å²) in [5, 5.41) is 12.2. The molecule has 1 aromatic rings. The first-order chi connectivity index (χ1) is 8.27. The summed E-state index contributed by atoms with van der Waals surface area (Å²) in [5.74, 6) is 0.509. The van der Waals surface area contributed by atoms with Gasteiger partial charge in [0, 0.05) is 20.3 Å². The molecule has 3 heteroatoms. The number of nitrogens with one attached hydrogen (secondary N) is 1. The van der Waals surface area contributed by atoms with Gasteiger partial charge in [0.05, 0.1) is 6.61 Å². The topological polar surface area (TPSA) is 41.5 Å². The van der Waals surface area contributed by atoms with E-state index in [1.807, 2.05) is 12.1 Å². The molecule has 0 bridgehead atoms. The van der Waals surface area contributed by atoms with Crippen LogP contribution in [0.1, 0.15) is 24.5 Å². The third kappa shape index (κ3) is 5.31. The Morgan fingerprint density at radius 2 is 2.00 bits per heavy atom. The number of hydrogen-bond donors (Lipinski definition) is 2. The van der Waals surface area contributed by atoms with Crippen molar-refractivity contribution in [3.05, 3.63) is 35.4 Å². The Kier molecular flexibility index (Phi) is 6.86. The molecule has 0 radical (unpaired) electrons. The molecule has 17 heavy (non-hydrogen) atoms. The molecule has 0 spiro atoms. The largest absolute Gasteiger partial charge is 0.396 e. The Labute approximate surface area is 104 Å².